The van der Waals surface area contributed by atoms with Gasteiger partial charge in [0.15, 0.2) is 0 Å². The molecule has 0 aromatic heterocycles. The molecule has 0 aliphatic heterocycles. The monoisotopic (exact) mass is 242 g/mol. The Kier molecular flexibility index (Phi) is 4.37. The van der Waals surface area contributed by atoms with Gasteiger partial charge in [-0.2, -0.15) is 0 Å². The van der Waals surface area contributed by atoms with E-state index in [9.17, 15) is 0 Å². The lowest BCUT2D eigenvalue weighted by Gasteiger charge is -2.09. The minimum Gasteiger partial charge on any atom is -0.489 e. The number of ether oxygens (including phenoxy) is 2. The third kappa shape index (κ3) is 3.34. The third-order valence-electron chi connectivity index (χ3n) is 2.87. The van der Waals surface area contributed by atoms with Crippen LogP contribution in [0.2, 0.25) is 0 Å². The van der Waals surface area contributed by atoms with Gasteiger partial charge in [0.1, 0.15) is 12.4 Å². The van der Waals surface area contributed by atoms with Crippen LogP contribution in [-0.4, -0.2) is 7.11 Å². The first kappa shape index (κ1) is 12.7. The summed E-state index contributed by atoms with van der Waals surface area (Å²) >= 11 is 0. The SMILES string of the molecule is COCc1cccc(OCc2ccccc2C)c1. The average Bonchev–Trinajstić information content (AvgIpc) is 2.39. The van der Waals surface area contributed by atoms with Crippen LogP contribution >= 0.6 is 0 Å². The molecule has 94 valence electrons. The molecule has 0 heterocycles. The van der Waals surface area contributed by atoms with Crippen LogP contribution in [0.4, 0.5) is 0 Å². The van der Waals surface area contributed by atoms with Gasteiger partial charge in [-0.1, -0.05) is 36.4 Å². The van der Waals surface area contributed by atoms with Gasteiger partial charge in [-0.15, -0.1) is 0 Å². The van der Waals surface area contributed by atoms with Gasteiger partial charge in [-0.05, 0) is 35.7 Å². The standard InChI is InChI=1S/C16H18O2/c1-13-6-3-4-8-15(13)12-18-16-9-5-7-14(10-16)11-17-2/h3-10H,11-12H2,1-2H3. The maximum atomic E-state index is 5.80. The van der Waals surface area contributed by atoms with Gasteiger partial charge < -0.3 is 9.47 Å². The highest BCUT2D eigenvalue weighted by atomic mass is 16.5. The molecule has 0 N–H and O–H groups in total. The summed E-state index contributed by atoms with van der Waals surface area (Å²) in [6.45, 7) is 3.31. The Morgan fingerprint density at radius 1 is 0.944 bits per heavy atom. The van der Waals surface area contributed by atoms with Crippen LogP contribution in [-0.2, 0) is 18.0 Å². The second kappa shape index (κ2) is 6.22. The van der Waals surface area contributed by atoms with Gasteiger partial charge in [0.2, 0.25) is 0 Å². The van der Waals surface area contributed by atoms with Crippen molar-refractivity contribution in [2.45, 2.75) is 20.1 Å². The Balaban J connectivity index is 2.02. The Bertz CT molecular complexity index is 506. The molecule has 2 aromatic rings. The number of hydrogen-bond donors (Lipinski definition) is 0. The Morgan fingerprint density at radius 3 is 2.56 bits per heavy atom. The molecule has 2 rings (SSSR count). The van der Waals surface area contributed by atoms with Crippen LogP contribution in [0.25, 0.3) is 0 Å². The summed E-state index contributed by atoms with van der Waals surface area (Å²) in [4.78, 5) is 0. The van der Waals surface area contributed by atoms with Crippen molar-refractivity contribution in [3.63, 3.8) is 0 Å². The molecule has 2 nitrogen and oxygen atoms in total. The van der Waals surface area contributed by atoms with Crippen LogP contribution in [0.5, 0.6) is 5.75 Å². The minimum atomic E-state index is 0.600. The first-order valence-electron chi connectivity index (χ1n) is 6.05. The number of benzene rings is 2. The van der Waals surface area contributed by atoms with Gasteiger partial charge in [-0.25, -0.2) is 0 Å². The van der Waals surface area contributed by atoms with E-state index < -0.39 is 0 Å². The van der Waals surface area contributed by atoms with E-state index in [0.29, 0.717) is 13.2 Å². The summed E-state index contributed by atoms with van der Waals surface area (Å²) in [6, 6.07) is 16.3. The molecule has 18 heavy (non-hydrogen) atoms. The maximum absolute atomic E-state index is 5.80. The highest BCUT2D eigenvalue weighted by Gasteiger charge is 2.00. The highest BCUT2D eigenvalue weighted by molar-refractivity contribution is 5.30. The molecule has 2 aromatic carbocycles. The maximum Gasteiger partial charge on any atom is 0.120 e. The van der Waals surface area contributed by atoms with Gasteiger partial charge in [0, 0.05) is 7.11 Å². The summed E-state index contributed by atoms with van der Waals surface area (Å²) in [7, 11) is 1.70. The average molecular weight is 242 g/mol. The van der Waals surface area contributed by atoms with Gasteiger partial charge in [0.05, 0.1) is 6.61 Å². The molecule has 0 unspecified atom stereocenters. The lowest BCUT2D eigenvalue weighted by atomic mass is 10.1. The van der Waals surface area contributed by atoms with Crippen molar-refractivity contribution in [1.82, 2.24) is 0 Å². The zero-order valence-electron chi connectivity index (χ0n) is 10.8. The number of hydrogen-bond acceptors (Lipinski definition) is 2. The fraction of sp³-hybridized carbons (Fsp3) is 0.250. The molecular weight excluding hydrogens is 224 g/mol. The Labute approximate surface area is 108 Å². The number of aryl methyl sites for hydroxylation is 1. The van der Waals surface area contributed by atoms with Crippen LogP contribution in [0.1, 0.15) is 16.7 Å². The van der Waals surface area contributed by atoms with Crippen LogP contribution in [0.3, 0.4) is 0 Å². The summed E-state index contributed by atoms with van der Waals surface area (Å²) in [6.07, 6.45) is 0. The summed E-state index contributed by atoms with van der Waals surface area (Å²) < 4.78 is 10.9. The van der Waals surface area contributed by atoms with Crippen molar-refractivity contribution in [3.05, 3.63) is 65.2 Å². The smallest absolute Gasteiger partial charge is 0.120 e. The van der Waals surface area contributed by atoms with Crippen molar-refractivity contribution in [3.8, 4) is 5.75 Å². The fourth-order valence-electron chi connectivity index (χ4n) is 1.82. The van der Waals surface area contributed by atoms with E-state index in [1.54, 1.807) is 7.11 Å². The lowest BCUT2D eigenvalue weighted by molar-refractivity contribution is 0.184. The Hall–Kier alpha value is -1.80. The van der Waals surface area contributed by atoms with E-state index in [2.05, 4.69) is 19.1 Å². The number of rotatable bonds is 5. The predicted octanol–water partition coefficient (Wildman–Crippen LogP) is 3.72. The molecule has 0 fully saturated rings. The van der Waals surface area contributed by atoms with E-state index in [1.165, 1.54) is 11.1 Å². The summed E-state index contributed by atoms with van der Waals surface area (Å²) in [5.41, 5.74) is 3.60. The molecular formula is C16H18O2. The molecule has 0 spiro atoms. The van der Waals surface area contributed by atoms with Crippen molar-refractivity contribution in [2.75, 3.05) is 7.11 Å². The van der Waals surface area contributed by atoms with Crippen LogP contribution in [0.15, 0.2) is 48.5 Å². The lowest BCUT2D eigenvalue weighted by Crippen LogP contribution is -1.98. The molecule has 0 aliphatic carbocycles. The number of methoxy groups -OCH3 is 1. The second-order valence-corrected chi connectivity index (χ2v) is 4.30. The van der Waals surface area contributed by atoms with Crippen LogP contribution < -0.4 is 4.74 Å². The zero-order chi connectivity index (χ0) is 12.8. The van der Waals surface area contributed by atoms with E-state index in [-0.39, 0.29) is 0 Å². The van der Waals surface area contributed by atoms with Crippen molar-refractivity contribution in [2.24, 2.45) is 0 Å². The highest BCUT2D eigenvalue weighted by Crippen LogP contribution is 2.16. The van der Waals surface area contributed by atoms with Gasteiger partial charge >= 0.3 is 0 Å². The first-order chi connectivity index (χ1) is 8.79. The summed E-state index contributed by atoms with van der Waals surface area (Å²) in [5.74, 6) is 0.882. The largest absolute Gasteiger partial charge is 0.489 e. The second-order valence-electron chi connectivity index (χ2n) is 4.30. The minimum absolute atomic E-state index is 0.600. The van der Waals surface area contributed by atoms with Gasteiger partial charge in [0.25, 0.3) is 0 Å². The molecule has 0 radical (unpaired) electrons. The molecule has 0 atom stereocenters. The normalized spacial score (nSPS) is 10.3. The van der Waals surface area contributed by atoms with Crippen LogP contribution in [0, 0.1) is 6.92 Å². The topological polar surface area (TPSA) is 18.5 Å². The van der Waals surface area contributed by atoms with Gasteiger partial charge in [-0.3, -0.25) is 0 Å². The molecule has 2 heteroatoms. The third-order valence-corrected chi connectivity index (χ3v) is 2.87. The van der Waals surface area contributed by atoms with E-state index in [4.69, 9.17) is 9.47 Å². The van der Waals surface area contributed by atoms with Crippen molar-refractivity contribution < 1.29 is 9.47 Å². The molecule has 0 bridgehead atoms. The van der Waals surface area contributed by atoms with E-state index in [0.717, 1.165) is 11.3 Å². The van der Waals surface area contributed by atoms with E-state index in [1.807, 2.05) is 36.4 Å². The summed E-state index contributed by atoms with van der Waals surface area (Å²) in [5, 5.41) is 0. The Morgan fingerprint density at radius 2 is 1.78 bits per heavy atom. The van der Waals surface area contributed by atoms with Crippen molar-refractivity contribution >= 4 is 0 Å². The first-order valence-corrected chi connectivity index (χ1v) is 6.05. The zero-order valence-corrected chi connectivity index (χ0v) is 10.8. The predicted molar refractivity (Wildman–Crippen MR) is 72.7 cm³/mol. The molecule has 0 saturated carbocycles. The molecule has 0 amide bonds. The molecule has 0 saturated heterocycles. The molecule has 0 aliphatic rings. The quantitative estimate of drug-likeness (QED) is 0.795. The fourth-order valence-corrected chi connectivity index (χ4v) is 1.82. The van der Waals surface area contributed by atoms with Crippen molar-refractivity contribution in [1.29, 1.82) is 0 Å². The van der Waals surface area contributed by atoms with E-state index >= 15 is 0 Å².